The summed E-state index contributed by atoms with van der Waals surface area (Å²) in [4.78, 5) is 24.9. The monoisotopic (exact) mass is 396 g/mol. The topological polar surface area (TPSA) is 52.6 Å². The van der Waals surface area contributed by atoms with Crippen LogP contribution < -0.4 is 0 Å². The Morgan fingerprint density at radius 3 is 2.14 bits per heavy atom. The van der Waals surface area contributed by atoms with Gasteiger partial charge >= 0.3 is 11.9 Å². The summed E-state index contributed by atoms with van der Waals surface area (Å²) in [5.74, 6) is -0.838. The second-order valence-electron chi connectivity index (χ2n) is 7.20. The molecule has 0 fully saturated rings. The first-order valence-corrected chi connectivity index (χ1v) is 10.7. The lowest BCUT2D eigenvalue weighted by atomic mass is 10.1. The number of benzene rings is 2. The molecule has 0 aliphatic heterocycles. The van der Waals surface area contributed by atoms with Crippen molar-refractivity contribution >= 4 is 11.9 Å². The van der Waals surface area contributed by atoms with E-state index in [0.29, 0.717) is 24.2 Å². The van der Waals surface area contributed by atoms with Crippen LogP contribution in [0.3, 0.4) is 0 Å². The van der Waals surface area contributed by atoms with Crippen molar-refractivity contribution in [3.8, 4) is 0 Å². The van der Waals surface area contributed by atoms with Crippen molar-refractivity contribution in [3.05, 3.63) is 71.3 Å². The Hall–Kier alpha value is -2.62. The lowest BCUT2D eigenvalue weighted by Crippen LogP contribution is -2.13. The number of hydrogen-bond donors (Lipinski definition) is 0. The Labute approximate surface area is 174 Å². The predicted molar refractivity (Wildman–Crippen MR) is 115 cm³/mol. The van der Waals surface area contributed by atoms with Crippen molar-refractivity contribution in [3.63, 3.8) is 0 Å². The van der Waals surface area contributed by atoms with Gasteiger partial charge in [0.05, 0.1) is 17.7 Å². The molecule has 2 aromatic rings. The van der Waals surface area contributed by atoms with E-state index in [1.54, 1.807) is 24.3 Å². The molecule has 4 heteroatoms. The SMILES string of the molecule is CCCCCCCCOC(=O)c1cccc(C(=O)OC(CC)c2ccccc2)c1. The smallest absolute Gasteiger partial charge is 0.338 e. The zero-order chi connectivity index (χ0) is 20.9. The molecule has 0 aromatic heterocycles. The van der Waals surface area contributed by atoms with Gasteiger partial charge in [0.25, 0.3) is 0 Å². The van der Waals surface area contributed by atoms with Crippen LogP contribution in [0, 0.1) is 0 Å². The van der Waals surface area contributed by atoms with Gasteiger partial charge < -0.3 is 9.47 Å². The van der Waals surface area contributed by atoms with E-state index < -0.39 is 11.9 Å². The molecule has 0 aliphatic rings. The van der Waals surface area contributed by atoms with Crippen LogP contribution in [0.4, 0.5) is 0 Å². The molecule has 156 valence electrons. The summed E-state index contributed by atoms with van der Waals surface area (Å²) >= 11 is 0. The fraction of sp³-hybridized carbons (Fsp3) is 0.440. The van der Waals surface area contributed by atoms with Crippen LogP contribution >= 0.6 is 0 Å². The second-order valence-corrected chi connectivity index (χ2v) is 7.20. The first kappa shape index (κ1) is 22.7. The van der Waals surface area contributed by atoms with Crippen molar-refractivity contribution in [2.24, 2.45) is 0 Å². The summed E-state index contributed by atoms with van der Waals surface area (Å²) in [7, 11) is 0. The molecule has 0 spiro atoms. The van der Waals surface area contributed by atoms with E-state index in [9.17, 15) is 9.59 Å². The average Bonchev–Trinajstić information content (AvgIpc) is 2.77. The highest BCUT2D eigenvalue weighted by Crippen LogP contribution is 2.22. The van der Waals surface area contributed by atoms with E-state index >= 15 is 0 Å². The van der Waals surface area contributed by atoms with Gasteiger partial charge in [0.15, 0.2) is 0 Å². The molecular formula is C25H32O4. The molecule has 29 heavy (non-hydrogen) atoms. The molecule has 0 N–H and O–H groups in total. The third kappa shape index (κ3) is 7.72. The molecule has 0 radical (unpaired) electrons. The minimum atomic E-state index is -0.439. The molecule has 0 aliphatic carbocycles. The number of ether oxygens (including phenoxy) is 2. The van der Waals surface area contributed by atoms with E-state index in [2.05, 4.69) is 6.92 Å². The summed E-state index contributed by atoms with van der Waals surface area (Å²) < 4.78 is 11.0. The third-order valence-corrected chi connectivity index (χ3v) is 4.86. The highest BCUT2D eigenvalue weighted by Gasteiger charge is 2.18. The van der Waals surface area contributed by atoms with Crippen LogP contribution in [0.5, 0.6) is 0 Å². The summed E-state index contributed by atoms with van der Waals surface area (Å²) in [6.45, 7) is 4.57. The Morgan fingerprint density at radius 1 is 0.793 bits per heavy atom. The first-order valence-electron chi connectivity index (χ1n) is 10.7. The van der Waals surface area contributed by atoms with Crippen LogP contribution in [-0.2, 0) is 9.47 Å². The standard InChI is InChI=1S/C25H32O4/c1-3-5-6-7-8-12-18-28-24(26)21-16-13-17-22(19-21)25(27)29-23(4-2)20-14-10-9-11-15-20/h9-11,13-17,19,23H,3-8,12,18H2,1-2H3. The van der Waals surface area contributed by atoms with Crippen LogP contribution in [-0.4, -0.2) is 18.5 Å². The van der Waals surface area contributed by atoms with Gasteiger partial charge in [-0.2, -0.15) is 0 Å². The number of hydrogen-bond acceptors (Lipinski definition) is 4. The Morgan fingerprint density at radius 2 is 1.45 bits per heavy atom. The fourth-order valence-corrected chi connectivity index (χ4v) is 3.16. The number of unbranched alkanes of at least 4 members (excludes halogenated alkanes) is 5. The molecule has 0 saturated carbocycles. The average molecular weight is 397 g/mol. The van der Waals surface area contributed by atoms with E-state index in [0.717, 1.165) is 18.4 Å². The number of carbonyl (C=O) groups excluding carboxylic acids is 2. The third-order valence-electron chi connectivity index (χ3n) is 4.86. The lowest BCUT2D eigenvalue weighted by molar-refractivity contribution is 0.0288. The van der Waals surface area contributed by atoms with Crippen molar-refractivity contribution < 1.29 is 19.1 Å². The van der Waals surface area contributed by atoms with Gasteiger partial charge in [-0.25, -0.2) is 9.59 Å². The predicted octanol–water partition coefficient (Wildman–Crippen LogP) is 6.51. The molecular weight excluding hydrogens is 364 g/mol. The zero-order valence-electron chi connectivity index (χ0n) is 17.6. The molecule has 2 rings (SSSR count). The van der Waals surface area contributed by atoms with Gasteiger partial charge in [0.1, 0.15) is 6.10 Å². The molecule has 0 heterocycles. The van der Waals surface area contributed by atoms with Gasteiger partial charge in [-0.15, -0.1) is 0 Å². The summed E-state index contributed by atoms with van der Waals surface area (Å²) in [6, 6.07) is 16.2. The molecule has 2 aromatic carbocycles. The van der Waals surface area contributed by atoms with Gasteiger partial charge in [-0.1, -0.05) is 82.3 Å². The maximum Gasteiger partial charge on any atom is 0.338 e. The highest BCUT2D eigenvalue weighted by atomic mass is 16.5. The summed E-state index contributed by atoms with van der Waals surface area (Å²) in [6.07, 6.45) is 7.18. The maximum atomic E-state index is 12.6. The molecule has 1 unspecified atom stereocenters. The number of carbonyl (C=O) groups is 2. The maximum absolute atomic E-state index is 12.6. The van der Waals surface area contributed by atoms with Crippen LogP contribution in [0.2, 0.25) is 0 Å². The normalized spacial score (nSPS) is 11.7. The highest BCUT2D eigenvalue weighted by molar-refractivity contribution is 5.95. The minimum absolute atomic E-state index is 0.313. The van der Waals surface area contributed by atoms with Crippen molar-refractivity contribution in [1.29, 1.82) is 0 Å². The van der Waals surface area contributed by atoms with Gasteiger partial charge in [-0.05, 0) is 36.6 Å². The fourth-order valence-electron chi connectivity index (χ4n) is 3.16. The minimum Gasteiger partial charge on any atom is -0.462 e. The number of rotatable bonds is 12. The molecule has 4 nitrogen and oxygen atoms in total. The zero-order valence-corrected chi connectivity index (χ0v) is 17.6. The van der Waals surface area contributed by atoms with Crippen LogP contribution in [0.15, 0.2) is 54.6 Å². The van der Waals surface area contributed by atoms with Crippen molar-refractivity contribution in [1.82, 2.24) is 0 Å². The Balaban J connectivity index is 1.87. The van der Waals surface area contributed by atoms with Gasteiger partial charge in [0, 0.05) is 0 Å². The van der Waals surface area contributed by atoms with E-state index in [1.165, 1.54) is 25.7 Å². The van der Waals surface area contributed by atoms with E-state index in [4.69, 9.17) is 9.47 Å². The molecule has 1 atom stereocenters. The van der Waals surface area contributed by atoms with Gasteiger partial charge in [-0.3, -0.25) is 0 Å². The Kier molecular flexibility index (Phi) is 9.98. The Bertz CT molecular complexity index is 754. The molecule has 0 bridgehead atoms. The second kappa shape index (κ2) is 12.8. The number of esters is 2. The van der Waals surface area contributed by atoms with Crippen LogP contribution in [0.25, 0.3) is 0 Å². The lowest BCUT2D eigenvalue weighted by Gasteiger charge is -2.16. The summed E-state index contributed by atoms with van der Waals surface area (Å²) in [5.41, 5.74) is 1.68. The van der Waals surface area contributed by atoms with E-state index in [-0.39, 0.29) is 6.10 Å². The van der Waals surface area contributed by atoms with Crippen molar-refractivity contribution in [2.45, 2.75) is 64.9 Å². The largest absolute Gasteiger partial charge is 0.462 e. The van der Waals surface area contributed by atoms with Crippen molar-refractivity contribution in [2.75, 3.05) is 6.61 Å². The quantitative estimate of drug-likeness (QED) is 0.303. The van der Waals surface area contributed by atoms with Gasteiger partial charge in [0.2, 0.25) is 0 Å². The van der Waals surface area contributed by atoms with Crippen LogP contribution in [0.1, 0.15) is 91.2 Å². The molecule has 0 saturated heterocycles. The first-order chi connectivity index (χ1) is 14.2. The molecule has 0 amide bonds. The van der Waals surface area contributed by atoms with E-state index in [1.807, 2.05) is 37.3 Å². The summed E-state index contributed by atoms with van der Waals surface area (Å²) in [5, 5.41) is 0.